The van der Waals surface area contributed by atoms with E-state index in [4.69, 9.17) is 16.1 Å². The molecule has 0 saturated carbocycles. The Morgan fingerprint density at radius 1 is 1.69 bits per heavy atom. The normalized spacial score (nSPS) is 10.2. The summed E-state index contributed by atoms with van der Waals surface area (Å²) in [5.74, 6) is -1.40. The van der Waals surface area contributed by atoms with Crippen LogP contribution >= 0.6 is 0 Å². The van der Waals surface area contributed by atoms with Crippen molar-refractivity contribution in [2.45, 2.75) is 13.0 Å². The van der Waals surface area contributed by atoms with E-state index in [1.165, 1.54) is 6.07 Å². The first-order chi connectivity index (χ1) is 7.52. The van der Waals surface area contributed by atoms with Gasteiger partial charge in [-0.25, -0.2) is 18.6 Å². The van der Waals surface area contributed by atoms with E-state index in [9.17, 15) is 13.6 Å². The number of nitrogens with two attached hydrogens (primary N) is 1. The first-order valence-corrected chi connectivity index (χ1v) is 4.16. The summed E-state index contributed by atoms with van der Waals surface area (Å²) < 4.78 is 25.3. The molecule has 1 aromatic rings. The zero-order chi connectivity index (χ0) is 12.3. The molecule has 0 saturated heterocycles. The summed E-state index contributed by atoms with van der Waals surface area (Å²) in [4.78, 5) is 14.1. The lowest BCUT2D eigenvalue weighted by molar-refractivity contribution is 0.0694. The Morgan fingerprint density at radius 2 is 2.31 bits per heavy atom. The molecule has 0 fully saturated rings. The number of hydrogen-bond acceptors (Lipinski definition) is 4. The fourth-order valence-corrected chi connectivity index (χ4v) is 1.29. The molecular formula is C9H7F2N3O2. The summed E-state index contributed by atoms with van der Waals surface area (Å²) in [6.07, 6.45) is -2.13. The molecule has 0 aromatic carbocycles. The zero-order valence-corrected chi connectivity index (χ0v) is 7.94. The highest BCUT2D eigenvalue weighted by Gasteiger charge is 2.23. The molecule has 0 spiro atoms. The van der Waals surface area contributed by atoms with Crippen LogP contribution in [-0.2, 0) is 6.54 Å². The van der Waals surface area contributed by atoms with Gasteiger partial charge in [-0.3, -0.25) is 0 Å². The van der Waals surface area contributed by atoms with Crippen molar-refractivity contribution in [1.29, 1.82) is 5.26 Å². The summed E-state index contributed by atoms with van der Waals surface area (Å²) in [5, 5.41) is 17.3. The van der Waals surface area contributed by atoms with Crippen LogP contribution in [0.1, 0.15) is 33.6 Å². The molecule has 1 rings (SSSR count). The molecule has 16 heavy (non-hydrogen) atoms. The van der Waals surface area contributed by atoms with Crippen LogP contribution in [0, 0.1) is 11.3 Å². The number of halogens is 2. The zero-order valence-electron chi connectivity index (χ0n) is 7.94. The minimum absolute atomic E-state index is 0.256. The molecule has 7 heteroatoms. The van der Waals surface area contributed by atoms with Crippen LogP contribution in [0.3, 0.4) is 0 Å². The molecule has 0 unspecified atom stereocenters. The van der Waals surface area contributed by atoms with Crippen LogP contribution < -0.4 is 5.73 Å². The lowest BCUT2D eigenvalue weighted by Gasteiger charge is -2.10. The van der Waals surface area contributed by atoms with Crippen molar-refractivity contribution in [3.63, 3.8) is 0 Å². The van der Waals surface area contributed by atoms with E-state index in [0.29, 0.717) is 0 Å². The van der Waals surface area contributed by atoms with Crippen molar-refractivity contribution in [2.75, 3.05) is 0 Å². The van der Waals surface area contributed by atoms with Gasteiger partial charge in [0.1, 0.15) is 11.8 Å². The lowest BCUT2D eigenvalue weighted by atomic mass is 10.0. The third-order valence-corrected chi connectivity index (χ3v) is 1.99. The fourth-order valence-electron chi connectivity index (χ4n) is 1.29. The Morgan fingerprint density at radius 3 is 2.69 bits per heavy atom. The third-order valence-electron chi connectivity index (χ3n) is 1.99. The third kappa shape index (κ3) is 1.97. The van der Waals surface area contributed by atoms with Crippen LogP contribution in [0.5, 0.6) is 0 Å². The molecule has 1 heterocycles. The van der Waals surface area contributed by atoms with E-state index in [1.54, 1.807) is 0 Å². The number of pyridine rings is 1. The van der Waals surface area contributed by atoms with Gasteiger partial charge in [0.15, 0.2) is 0 Å². The Hall–Kier alpha value is -2.07. The molecule has 0 amide bonds. The smallest absolute Gasteiger partial charge is 0.337 e. The minimum Gasteiger partial charge on any atom is -0.478 e. The molecule has 84 valence electrons. The van der Waals surface area contributed by atoms with Crippen molar-refractivity contribution < 1.29 is 18.7 Å². The molecule has 0 bridgehead atoms. The average Bonchev–Trinajstić information content (AvgIpc) is 2.26. The summed E-state index contributed by atoms with van der Waals surface area (Å²) in [6.45, 7) is -0.390. The fraction of sp³-hybridized carbons (Fsp3) is 0.222. The highest BCUT2D eigenvalue weighted by atomic mass is 19.3. The van der Waals surface area contributed by atoms with Gasteiger partial charge in [-0.15, -0.1) is 0 Å². The van der Waals surface area contributed by atoms with Gasteiger partial charge in [-0.2, -0.15) is 5.26 Å². The van der Waals surface area contributed by atoms with Gasteiger partial charge < -0.3 is 10.8 Å². The number of carboxylic acid groups (broad SMARTS) is 1. The van der Waals surface area contributed by atoms with Gasteiger partial charge >= 0.3 is 5.97 Å². The van der Waals surface area contributed by atoms with E-state index >= 15 is 0 Å². The Bertz CT molecular complexity index is 469. The number of aromatic carboxylic acids is 1. The number of hydrogen-bond donors (Lipinski definition) is 2. The highest BCUT2D eigenvalue weighted by Crippen LogP contribution is 2.27. The maximum absolute atomic E-state index is 12.7. The van der Waals surface area contributed by atoms with Gasteiger partial charge in [-0.05, 0) is 5.56 Å². The van der Waals surface area contributed by atoms with Gasteiger partial charge in [-0.1, -0.05) is 0 Å². The van der Waals surface area contributed by atoms with Crippen molar-refractivity contribution in [1.82, 2.24) is 4.98 Å². The maximum Gasteiger partial charge on any atom is 0.337 e. The lowest BCUT2D eigenvalue weighted by Crippen LogP contribution is -2.13. The average molecular weight is 227 g/mol. The first kappa shape index (κ1) is 12.0. The number of nitriles is 1. The Balaban J connectivity index is 3.57. The standard InChI is InChI=1S/C9H7F2N3O2/c10-8(11)7-4(1-12)5(9(15)16)3-14-6(7)2-13/h3,8H,1,12H2,(H,15,16). The van der Waals surface area contributed by atoms with Crippen LogP contribution in [0.25, 0.3) is 0 Å². The van der Waals surface area contributed by atoms with Gasteiger partial charge in [0, 0.05) is 12.7 Å². The predicted molar refractivity (Wildman–Crippen MR) is 48.8 cm³/mol. The van der Waals surface area contributed by atoms with E-state index in [1.807, 2.05) is 0 Å². The van der Waals surface area contributed by atoms with Crippen LogP contribution in [0.15, 0.2) is 6.20 Å². The van der Waals surface area contributed by atoms with Gasteiger partial charge in [0.25, 0.3) is 6.43 Å². The summed E-state index contributed by atoms with van der Waals surface area (Å²) in [6, 6.07) is 1.48. The summed E-state index contributed by atoms with van der Waals surface area (Å²) >= 11 is 0. The van der Waals surface area contributed by atoms with Crippen molar-refractivity contribution in [2.24, 2.45) is 5.73 Å². The maximum atomic E-state index is 12.7. The van der Waals surface area contributed by atoms with Crippen molar-refractivity contribution in [3.05, 3.63) is 28.6 Å². The largest absolute Gasteiger partial charge is 0.478 e. The van der Waals surface area contributed by atoms with E-state index in [0.717, 1.165) is 6.20 Å². The summed E-state index contributed by atoms with van der Waals surface area (Å²) in [7, 11) is 0. The molecule has 3 N–H and O–H groups in total. The molecule has 0 radical (unpaired) electrons. The topological polar surface area (TPSA) is 100 Å². The highest BCUT2D eigenvalue weighted by molar-refractivity contribution is 5.89. The molecular weight excluding hydrogens is 220 g/mol. The van der Waals surface area contributed by atoms with Gasteiger partial charge in [0.05, 0.1) is 11.1 Å². The first-order valence-electron chi connectivity index (χ1n) is 4.16. The van der Waals surface area contributed by atoms with Crippen LogP contribution in [0.4, 0.5) is 8.78 Å². The Labute approximate surface area is 89.1 Å². The van der Waals surface area contributed by atoms with E-state index in [2.05, 4.69) is 4.98 Å². The number of alkyl halides is 2. The molecule has 0 aliphatic heterocycles. The number of carboxylic acids is 1. The summed E-state index contributed by atoms with van der Waals surface area (Å²) in [5.41, 5.74) is 3.35. The number of rotatable bonds is 3. The van der Waals surface area contributed by atoms with E-state index < -0.39 is 35.8 Å². The minimum atomic E-state index is -2.99. The molecule has 0 aliphatic rings. The second-order valence-corrected chi connectivity index (χ2v) is 2.83. The quantitative estimate of drug-likeness (QED) is 0.803. The second-order valence-electron chi connectivity index (χ2n) is 2.83. The van der Waals surface area contributed by atoms with Crippen molar-refractivity contribution >= 4 is 5.97 Å². The molecule has 5 nitrogen and oxygen atoms in total. The molecule has 1 aromatic heterocycles. The van der Waals surface area contributed by atoms with Crippen LogP contribution in [0.2, 0.25) is 0 Å². The number of aromatic nitrogens is 1. The number of carbonyl (C=O) groups is 1. The molecule has 0 aliphatic carbocycles. The number of nitrogens with zero attached hydrogens (tertiary/aromatic N) is 2. The predicted octanol–water partition coefficient (Wildman–Crippen LogP) is 1.05. The Kier molecular flexibility index (Phi) is 3.48. The van der Waals surface area contributed by atoms with Crippen molar-refractivity contribution in [3.8, 4) is 6.07 Å². The monoisotopic (exact) mass is 227 g/mol. The van der Waals surface area contributed by atoms with Crippen LogP contribution in [-0.4, -0.2) is 16.1 Å². The van der Waals surface area contributed by atoms with E-state index in [-0.39, 0.29) is 5.56 Å². The SMILES string of the molecule is N#Cc1ncc(C(=O)O)c(CN)c1C(F)F. The molecule has 0 atom stereocenters. The second kappa shape index (κ2) is 4.63. The van der Waals surface area contributed by atoms with Gasteiger partial charge in [0.2, 0.25) is 0 Å².